The zero-order chi connectivity index (χ0) is 33.5. The van der Waals surface area contributed by atoms with Crippen molar-refractivity contribution < 1.29 is 75.1 Å². The fourth-order valence-corrected chi connectivity index (χ4v) is 0. The predicted molar refractivity (Wildman–Crippen MR) is 179 cm³/mol. The summed E-state index contributed by atoms with van der Waals surface area (Å²) in [6.07, 6.45) is 0. The van der Waals surface area contributed by atoms with Crippen LogP contribution in [0.25, 0.3) is 0 Å². The average Bonchev–Trinajstić information content (AvgIpc) is 2.74. The second-order valence-electron chi connectivity index (χ2n) is 1.60. The van der Waals surface area contributed by atoms with Crippen LogP contribution in [-0.4, -0.2) is 51.9 Å². The molecule has 0 bridgehead atoms. The maximum Gasteiger partial charge on any atom is 0.197 e. The zero-order valence-electron chi connectivity index (χ0n) is 15.9. The van der Waals surface area contributed by atoms with Crippen LogP contribution in [0.2, 0.25) is 0 Å². The molecule has 0 heterocycles. The minimum atomic E-state index is -0.556. The van der Waals surface area contributed by atoms with E-state index in [9.17, 15) is 0 Å². The summed E-state index contributed by atoms with van der Waals surface area (Å²) in [6.45, 7) is 0. The van der Waals surface area contributed by atoms with Crippen LogP contribution < -0.4 is 0 Å². The minimum absolute atomic E-state index is 0. The van der Waals surface area contributed by atoms with Gasteiger partial charge in [0, 0.05) is 21.1 Å². The van der Waals surface area contributed by atoms with Crippen molar-refractivity contribution in [3.63, 3.8) is 0 Å². The third kappa shape index (κ3) is 9940. The van der Waals surface area contributed by atoms with Crippen molar-refractivity contribution in [2.24, 2.45) is 0 Å². The maximum absolute atomic E-state index is 9.12. The monoisotopic (exact) mass is 943 g/mol. The molecule has 0 saturated heterocycles. The molecule has 0 atom stereocenters. The molecule has 222 valence electrons. The number of thiol groups is 6. The van der Waals surface area contributed by atoms with Crippen molar-refractivity contribution in [2.75, 3.05) is 0 Å². The van der Waals surface area contributed by atoms with E-state index in [1.165, 1.54) is 0 Å². The summed E-state index contributed by atoms with van der Waals surface area (Å²) in [7, 11) is 0. The summed E-state index contributed by atoms with van der Waals surface area (Å²) in [5.74, 6) is 0. The third-order valence-electron chi connectivity index (χ3n) is 0. The largest absolute Gasteiger partial charge is 0.731 e. The van der Waals surface area contributed by atoms with Crippen molar-refractivity contribution in [2.45, 2.75) is 0 Å². The van der Waals surface area contributed by atoms with Gasteiger partial charge in [0.15, 0.2) is 75.2 Å². The van der Waals surface area contributed by atoms with Gasteiger partial charge in [0.1, 0.15) is 0 Å². The molecule has 0 unspecified atom stereocenters. The molecule has 0 radical (unpaired) electrons. The SMILES string of the molecule is O=C([S-])S.O=C([S-])S.O=C([S-])S.O=C([S-])S.O=C([S-])S.O=C([S-])S.O=S.O=S.O=S.O=S.O=S.O=S.[Mo]. The van der Waals surface area contributed by atoms with Crippen LogP contribution in [0.3, 0.4) is 0 Å². The Morgan fingerprint density at radius 1 is 0.297 bits per heavy atom. The van der Waals surface area contributed by atoms with Gasteiger partial charge in [-0.3, -0.25) is 0 Å². The van der Waals surface area contributed by atoms with Crippen LogP contribution in [0.5, 0.6) is 0 Å². The molecule has 0 amide bonds. The van der Waals surface area contributed by atoms with E-state index in [1.54, 1.807) is 0 Å². The van der Waals surface area contributed by atoms with Crippen molar-refractivity contribution in [3.05, 3.63) is 0 Å². The van der Waals surface area contributed by atoms with E-state index in [0.29, 0.717) is 0 Å². The Labute approximate surface area is 323 Å². The minimum Gasteiger partial charge on any atom is -0.731 e. The standard InChI is InChI=1S/6CH2OS2.Mo.6OS/c6*2-1(3)4;;6*1-2/h6*(H2,2,3,4);;;;;;;/p-6. The molecule has 0 saturated carbocycles. The first-order chi connectivity index (χ1) is 16.4. The molecule has 0 aromatic heterocycles. The topological polar surface area (TPSA) is 205 Å². The number of carbonyl (C=O) groups excluding carboxylic acids is 6. The van der Waals surface area contributed by atoms with Crippen LogP contribution >= 0.6 is 75.8 Å². The fourth-order valence-electron chi connectivity index (χ4n) is 0. The zero-order valence-corrected chi connectivity index (χ0v) is 33.1. The third-order valence-corrected chi connectivity index (χ3v) is 0. The Balaban J connectivity index is -0.0000000156. The Bertz CT molecular complexity index is 356. The number of hydrogen-bond acceptors (Lipinski definition) is 24. The number of rotatable bonds is 0. The van der Waals surface area contributed by atoms with E-state index < -0.39 is 26.7 Å². The first-order valence-corrected chi connectivity index (χ1v) is 11.9. The van der Waals surface area contributed by atoms with Gasteiger partial charge in [-0.2, -0.15) is 25.3 Å². The van der Waals surface area contributed by atoms with Gasteiger partial charge in [0.05, 0.1) is 26.7 Å². The molecule has 0 aliphatic heterocycles. The number of hydrogen-bond donors (Lipinski definition) is 6. The smallest absolute Gasteiger partial charge is 0.197 e. The molecular formula is C6H6MoO12S18-6. The van der Waals surface area contributed by atoms with E-state index in [2.05, 4.69) is 227 Å². The maximum atomic E-state index is 9.12. The molecule has 0 aromatic rings. The van der Waals surface area contributed by atoms with E-state index in [4.69, 9.17) is 54.0 Å². The van der Waals surface area contributed by atoms with Crippen LogP contribution in [-0.2, 0) is 172 Å². The number of carbonyl (C=O) groups is 6. The van der Waals surface area contributed by atoms with Gasteiger partial charge in [-0.15, -0.1) is 75.8 Å². The molecule has 0 aliphatic carbocycles. The second kappa shape index (κ2) is 129. The summed E-state index contributed by atoms with van der Waals surface area (Å²) in [5, 5.41) is 0. The van der Waals surface area contributed by atoms with E-state index in [1.807, 2.05) is 0 Å². The van der Waals surface area contributed by atoms with Crippen molar-refractivity contribution in [3.8, 4) is 0 Å². The normalized spacial score (nSPS) is 4.70. The van der Waals surface area contributed by atoms with Gasteiger partial charge >= 0.3 is 0 Å². The van der Waals surface area contributed by atoms with Gasteiger partial charge in [-0.1, -0.05) is 0 Å². The summed E-state index contributed by atoms with van der Waals surface area (Å²) in [6, 6.07) is 0. The molecule has 0 aliphatic rings. The van der Waals surface area contributed by atoms with Crippen LogP contribution in [0.1, 0.15) is 0 Å². The van der Waals surface area contributed by atoms with E-state index in [0.717, 1.165) is 0 Å². The summed E-state index contributed by atoms with van der Waals surface area (Å²) in [4.78, 5) is 54.7. The summed E-state index contributed by atoms with van der Waals surface area (Å²) >= 11 is 58.9. The van der Waals surface area contributed by atoms with Gasteiger partial charge in [-0.05, 0) is 0 Å². The molecule has 0 N–H and O–H groups in total. The van der Waals surface area contributed by atoms with Crippen molar-refractivity contribution >= 4 is 253 Å². The molecule has 0 rings (SSSR count). The van der Waals surface area contributed by atoms with Gasteiger partial charge in [-0.25, -0.2) is 0 Å². The molecule has 31 heteroatoms. The Morgan fingerprint density at radius 2 is 0.297 bits per heavy atom. The van der Waals surface area contributed by atoms with Crippen LogP contribution in [0.15, 0.2) is 0 Å². The van der Waals surface area contributed by atoms with Crippen molar-refractivity contribution in [1.29, 1.82) is 0 Å². The van der Waals surface area contributed by atoms with Gasteiger partial charge in [0.25, 0.3) is 0 Å². The molecule has 37 heavy (non-hydrogen) atoms. The average molecular weight is 943 g/mol. The van der Waals surface area contributed by atoms with Crippen LogP contribution in [0.4, 0.5) is 28.8 Å². The molecular weight excluding hydrogens is 937 g/mol. The molecule has 0 spiro atoms. The van der Waals surface area contributed by atoms with E-state index >= 15 is 0 Å². The Kier molecular flexibility index (Phi) is 292. The first-order valence-electron chi connectivity index (χ1n) is 4.79. The van der Waals surface area contributed by atoms with Crippen molar-refractivity contribution in [1.82, 2.24) is 0 Å². The first kappa shape index (κ1) is 83.3. The summed E-state index contributed by atoms with van der Waals surface area (Å²) < 4.78 is 43.7. The molecule has 0 fully saturated rings. The fraction of sp³-hybridized carbons (Fsp3) is 0. The van der Waals surface area contributed by atoms with Gasteiger partial charge in [0.2, 0.25) is 0 Å². The quantitative estimate of drug-likeness (QED) is 0.116. The predicted octanol–water partition coefficient (Wildman–Crippen LogP) is 1.48. The van der Waals surface area contributed by atoms with Crippen LogP contribution in [0, 0.1) is 0 Å². The van der Waals surface area contributed by atoms with Gasteiger partial charge < -0.3 is 105 Å². The molecule has 0 aromatic carbocycles. The Hall–Kier alpha value is 2.25. The second-order valence-corrected chi connectivity index (χ2v) is 8.07. The summed E-state index contributed by atoms with van der Waals surface area (Å²) in [5.41, 5.74) is 0. The Morgan fingerprint density at radius 3 is 0.297 bits per heavy atom. The van der Waals surface area contributed by atoms with E-state index in [-0.39, 0.29) is 21.1 Å². The molecule has 12 nitrogen and oxygen atoms in total.